The van der Waals surface area contributed by atoms with Crippen molar-refractivity contribution in [2.75, 3.05) is 0 Å². The summed E-state index contributed by atoms with van der Waals surface area (Å²) in [4.78, 5) is 0. The summed E-state index contributed by atoms with van der Waals surface area (Å²) >= 11 is -1.11. The zero-order valence-electron chi connectivity index (χ0n) is 6.87. The molecule has 0 saturated heterocycles. The van der Waals surface area contributed by atoms with Gasteiger partial charge in [-0.05, 0) is 23.6 Å². The fourth-order valence-electron chi connectivity index (χ4n) is 1.39. The minimum Gasteiger partial charge on any atom is -0.285 e. The van der Waals surface area contributed by atoms with E-state index < -0.39 is 11.1 Å². The zero-order valence-corrected chi connectivity index (χ0v) is 7.69. The highest BCUT2D eigenvalue weighted by Gasteiger charge is 2.15. The van der Waals surface area contributed by atoms with Gasteiger partial charge in [-0.2, -0.15) is 0 Å². The molecule has 1 heterocycles. The van der Waals surface area contributed by atoms with Gasteiger partial charge in [0.05, 0.1) is 12.4 Å². The van der Waals surface area contributed by atoms with Crippen LogP contribution in [0, 0.1) is 6.92 Å². The van der Waals surface area contributed by atoms with Crippen molar-refractivity contribution in [1.29, 1.82) is 0 Å². The molecule has 3 heteroatoms. The average Bonchev–Trinajstić information content (AvgIpc) is 2.07. The van der Waals surface area contributed by atoms with E-state index >= 15 is 0 Å². The second-order valence-electron chi connectivity index (χ2n) is 2.92. The maximum Gasteiger partial charge on any atom is 0.160 e. The lowest BCUT2D eigenvalue weighted by Gasteiger charge is -2.16. The van der Waals surface area contributed by atoms with Gasteiger partial charge in [-0.1, -0.05) is 18.2 Å². The third kappa shape index (κ3) is 1.30. The summed E-state index contributed by atoms with van der Waals surface area (Å²) in [5.41, 5.74) is 3.58. The summed E-state index contributed by atoms with van der Waals surface area (Å²) in [5.74, 6) is 0.544. The molecule has 0 amide bonds. The summed E-state index contributed by atoms with van der Waals surface area (Å²) in [6.07, 6.45) is 0. The molecule has 2 rings (SSSR count). The molecule has 1 aromatic rings. The van der Waals surface area contributed by atoms with Crippen molar-refractivity contribution >= 4 is 11.1 Å². The third-order valence-corrected chi connectivity index (χ3v) is 3.02. The minimum absolute atomic E-state index is 0.490. The Morgan fingerprint density at radius 3 is 3.17 bits per heavy atom. The van der Waals surface area contributed by atoms with Gasteiger partial charge < -0.3 is 0 Å². The highest BCUT2D eigenvalue weighted by Crippen LogP contribution is 2.22. The number of rotatable bonds is 0. The number of hydrogen-bond donors (Lipinski definition) is 0. The van der Waals surface area contributed by atoms with Crippen molar-refractivity contribution in [3.8, 4) is 0 Å². The predicted octanol–water partition coefficient (Wildman–Crippen LogP) is 1.69. The van der Waals surface area contributed by atoms with Crippen LogP contribution in [0.15, 0.2) is 18.2 Å². The van der Waals surface area contributed by atoms with Crippen LogP contribution in [-0.2, 0) is 27.6 Å². The number of hydrogen-bond acceptors (Lipinski definition) is 2. The van der Waals surface area contributed by atoms with Crippen LogP contribution in [0.5, 0.6) is 0 Å². The molecule has 1 aliphatic rings. The van der Waals surface area contributed by atoms with Gasteiger partial charge in [0.25, 0.3) is 0 Å². The molecule has 0 radical (unpaired) electrons. The van der Waals surface area contributed by atoms with E-state index in [1.54, 1.807) is 0 Å². The number of fused-ring (bicyclic) bond motifs is 1. The van der Waals surface area contributed by atoms with E-state index in [-0.39, 0.29) is 0 Å². The van der Waals surface area contributed by atoms with Crippen molar-refractivity contribution in [3.05, 3.63) is 34.9 Å². The summed E-state index contributed by atoms with van der Waals surface area (Å²) in [6, 6.07) is 6.08. The van der Waals surface area contributed by atoms with Crippen molar-refractivity contribution in [1.82, 2.24) is 0 Å². The molecule has 0 fully saturated rings. The maximum atomic E-state index is 11.1. The highest BCUT2D eigenvalue weighted by atomic mass is 32.2. The summed E-state index contributed by atoms with van der Waals surface area (Å²) in [5, 5.41) is 0. The molecular formula is C9H10O2S. The predicted molar refractivity (Wildman–Crippen MR) is 47.8 cm³/mol. The molecule has 1 aliphatic heterocycles. The topological polar surface area (TPSA) is 26.3 Å². The first kappa shape index (κ1) is 7.95. The van der Waals surface area contributed by atoms with Crippen molar-refractivity contribution in [2.45, 2.75) is 19.3 Å². The van der Waals surface area contributed by atoms with Crippen LogP contribution in [0.1, 0.15) is 16.7 Å². The highest BCUT2D eigenvalue weighted by molar-refractivity contribution is 7.79. The van der Waals surface area contributed by atoms with Gasteiger partial charge in [0.1, 0.15) is 0 Å². The largest absolute Gasteiger partial charge is 0.285 e. The standard InChI is InChI=1S/C9H10O2S/c1-7-3-2-4-8-5-11-12(10)6-9(7)8/h2-4H,5-6H2,1H3. The molecule has 0 N–H and O–H groups in total. The fraction of sp³-hybridized carbons (Fsp3) is 0.333. The lowest BCUT2D eigenvalue weighted by Crippen LogP contribution is -2.12. The monoisotopic (exact) mass is 182 g/mol. The van der Waals surface area contributed by atoms with E-state index in [1.807, 2.05) is 25.1 Å². The first-order valence-electron chi connectivity index (χ1n) is 3.86. The smallest absolute Gasteiger partial charge is 0.160 e. The third-order valence-electron chi connectivity index (χ3n) is 2.12. The number of benzene rings is 1. The van der Waals surface area contributed by atoms with E-state index in [1.165, 1.54) is 16.7 Å². The second kappa shape index (κ2) is 2.99. The van der Waals surface area contributed by atoms with Crippen LogP contribution < -0.4 is 0 Å². The molecular weight excluding hydrogens is 172 g/mol. The van der Waals surface area contributed by atoms with E-state index in [0.717, 1.165) is 0 Å². The quantitative estimate of drug-likeness (QED) is 0.610. The van der Waals surface area contributed by atoms with Gasteiger partial charge in [0, 0.05) is 0 Å². The van der Waals surface area contributed by atoms with E-state index in [4.69, 9.17) is 4.18 Å². The fourth-order valence-corrected chi connectivity index (χ4v) is 2.38. The lowest BCUT2D eigenvalue weighted by atomic mass is 10.0. The van der Waals surface area contributed by atoms with Crippen LogP contribution in [0.4, 0.5) is 0 Å². The maximum absolute atomic E-state index is 11.1. The van der Waals surface area contributed by atoms with Crippen LogP contribution in [0.3, 0.4) is 0 Å². The Morgan fingerprint density at radius 1 is 1.50 bits per heavy atom. The molecule has 1 atom stereocenters. The molecule has 12 heavy (non-hydrogen) atoms. The zero-order chi connectivity index (χ0) is 8.55. The molecule has 0 aliphatic carbocycles. The SMILES string of the molecule is Cc1cccc2c1CS(=O)OC2. The first-order valence-corrected chi connectivity index (χ1v) is 5.11. The van der Waals surface area contributed by atoms with Gasteiger partial charge in [-0.25, -0.2) is 4.21 Å². The Balaban J connectivity index is 2.50. The van der Waals surface area contributed by atoms with Crippen LogP contribution in [0.2, 0.25) is 0 Å². The molecule has 0 bridgehead atoms. The molecule has 1 aromatic carbocycles. The second-order valence-corrected chi connectivity index (χ2v) is 4.05. The molecule has 0 spiro atoms. The molecule has 2 nitrogen and oxygen atoms in total. The Bertz CT molecular complexity index is 333. The van der Waals surface area contributed by atoms with Gasteiger partial charge in [-0.15, -0.1) is 0 Å². The Labute approximate surface area is 74.2 Å². The molecule has 0 saturated carbocycles. The lowest BCUT2D eigenvalue weighted by molar-refractivity contribution is 0.327. The van der Waals surface area contributed by atoms with Crippen LogP contribution in [0.25, 0.3) is 0 Å². The number of aryl methyl sites for hydroxylation is 1. The molecule has 64 valence electrons. The summed E-state index contributed by atoms with van der Waals surface area (Å²) in [6.45, 7) is 2.53. The van der Waals surface area contributed by atoms with Gasteiger partial charge >= 0.3 is 0 Å². The molecule has 1 unspecified atom stereocenters. The summed E-state index contributed by atoms with van der Waals surface area (Å²) < 4.78 is 16.1. The minimum atomic E-state index is -1.11. The Morgan fingerprint density at radius 2 is 2.33 bits per heavy atom. The Kier molecular flexibility index (Phi) is 1.98. The Hall–Kier alpha value is -0.670. The van der Waals surface area contributed by atoms with Crippen molar-refractivity contribution < 1.29 is 8.39 Å². The average molecular weight is 182 g/mol. The van der Waals surface area contributed by atoms with Crippen LogP contribution >= 0.6 is 0 Å². The van der Waals surface area contributed by atoms with Gasteiger partial charge in [0.15, 0.2) is 11.1 Å². The van der Waals surface area contributed by atoms with Crippen LogP contribution in [-0.4, -0.2) is 4.21 Å². The molecule has 0 aromatic heterocycles. The van der Waals surface area contributed by atoms with Crippen molar-refractivity contribution in [2.24, 2.45) is 0 Å². The first-order chi connectivity index (χ1) is 5.77. The van der Waals surface area contributed by atoms with E-state index in [2.05, 4.69) is 0 Å². The van der Waals surface area contributed by atoms with E-state index in [9.17, 15) is 4.21 Å². The van der Waals surface area contributed by atoms with Gasteiger partial charge in [-0.3, -0.25) is 4.18 Å². The van der Waals surface area contributed by atoms with Gasteiger partial charge in [0.2, 0.25) is 0 Å². The van der Waals surface area contributed by atoms with E-state index in [0.29, 0.717) is 12.4 Å². The summed E-state index contributed by atoms with van der Waals surface area (Å²) in [7, 11) is 0. The van der Waals surface area contributed by atoms with Crippen molar-refractivity contribution in [3.63, 3.8) is 0 Å². The normalized spacial score (nSPS) is 21.9.